The van der Waals surface area contributed by atoms with Crippen LogP contribution < -0.4 is 5.73 Å². The van der Waals surface area contributed by atoms with E-state index in [1.807, 2.05) is 52.8 Å². The van der Waals surface area contributed by atoms with E-state index in [1.165, 1.54) is 4.57 Å². The minimum atomic E-state index is -0.651. The van der Waals surface area contributed by atoms with Crippen molar-refractivity contribution in [1.29, 1.82) is 0 Å². The zero-order valence-electron chi connectivity index (χ0n) is 17.6. The molecule has 1 aromatic heterocycles. The molecule has 0 radical (unpaired) electrons. The highest BCUT2D eigenvalue weighted by Crippen LogP contribution is 2.35. The Morgan fingerprint density at radius 3 is 2.62 bits per heavy atom. The van der Waals surface area contributed by atoms with Gasteiger partial charge in [0, 0.05) is 11.0 Å². The average Bonchev–Trinajstić information content (AvgIpc) is 3.22. The molecule has 3 rings (SSSR count). The number of hydrogen-bond acceptors (Lipinski definition) is 5. The predicted molar refractivity (Wildman–Crippen MR) is 116 cm³/mol. The molecule has 1 aliphatic heterocycles. The Kier molecular flexibility index (Phi) is 6.06. The number of carbonyl (C=O) groups excluding carboxylic acids is 2. The van der Waals surface area contributed by atoms with Crippen LogP contribution in [0.4, 0.5) is 4.79 Å². The number of ether oxygens (including phenoxy) is 1. The van der Waals surface area contributed by atoms with Crippen LogP contribution in [0.3, 0.4) is 0 Å². The average molecular weight is 465 g/mol. The highest BCUT2D eigenvalue weighted by Gasteiger charge is 2.38. The molecule has 2 atom stereocenters. The molecule has 0 bridgehead atoms. The van der Waals surface area contributed by atoms with Crippen molar-refractivity contribution in [3.8, 4) is 0 Å². The van der Waals surface area contributed by atoms with Crippen LogP contribution in [0.25, 0.3) is 11.0 Å². The highest BCUT2D eigenvalue weighted by atomic mass is 79.9. The number of amides is 1. The summed E-state index contributed by atoms with van der Waals surface area (Å²) in [5.41, 5.74) is 6.82. The van der Waals surface area contributed by atoms with Crippen LogP contribution in [0.5, 0.6) is 0 Å². The van der Waals surface area contributed by atoms with Crippen LogP contribution in [0, 0.1) is 5.92 Å². The van der Waals surface area contributed by atoms with Gasteiger partial charge < -0.3 is 15.4 Å². The number of carbonyl (C=O) groups is 2. The number of aromatic nitrogens is 2. The lowest BCUT2D eigenvalue weighted by Gasteiger charge is -2.29. The predicted octanol–water partition coefficient (Wildman–Crippen LogP) is 4.23. The summed E-state index contributed by atoms with van der Waals surface area (Å²) in [5, 5.41) is 0. The van der Waals surface area contributed by atoms with E-state index in [-0.39, 0.29) is 17.9 Å². The normalized spacial score (nSPS) is 18.5. The molecule has 1 aromatic carbocycles. The van der Waals surface area contributed by atoms with E-state index >= 15 is 0 Å². The smallest absolute Gasteiger partial charge is 0.420 e. The van der Waals surface area contributed by atoms with Crippen molar-refractivity contribution >= 4 is 39.0 Å². The second-order valence-corrected chi connectivity index (χ2v) is 9.79. The van der Waals surface area contributed by atoms with Crippen molar-refractivity contribution < 1.29 is 14.3 Å². The molecule has 2 heterocycles. The Morgan fingerprint density at radius 2 is 2.00 bits per heavy atom. The van der Waals surface area contributed by atoms with Crippen LogP contribution >= 0.6 is 15.9 Å². The van der Waals surface area contributed by atoms with Crippen molar-refractivity contribution in [1.82, 2.24) is 14.5 Å². The zero-order valence-corrected chi connectivity index (χ0v) is 19.2. The summed E-state index contributed by atoms with van der Waals surface area (Å²) in [6.45, 7) is 9.94. The first-order valence-electron chi connectivity index (χ1n) is 9.97. The standard InChI is InChI=1S/C21H29BrN4O3/c1-12(2)17(23)19(27)25-10-6-7-15(25)18-24-14-9-8-13(22)11-16(14)26(18)20(28)29-21(3,4)5/h8-9,11-12,15,17H,6-7,10,23H2,1-5H3/t15-,17+/m1/s1. The molecular weight excluding hydrogens is 436 g/mol. The van der Waals surface area contributed by atoms with Crippen LogP contribution in [0.1, 0.15) is 59.3 Å². The second-order valence-electron chi connectivity index (χ2n) is 8.88. The van der Waals surface area contributed by atoms with Gasteiger partial charge in [0.1, 0.15) is 11.4 Å². The van der Waals surface area contributed by atoms with Crippen molar-refractivity contribution in [3.63, 3.8) is 0 Å². The molecule has 2 aromatic rings. The fourth-order valence-electron chi connectivity index (χ4n) is 3.57. The first-order chi connectivity index (χ1) is 13.5. The summed E-state index contributed by atoms with van der Waals surface area (Å²) in [6.07, 6.45) is 1.06. The van der Waals surface area contributed by atoms with Crippen LogP contribution in [-0.2, 0) is 9.53 Å². The quantitative estimate of drug-likeness (QED) is 0.733. The van der Waals surface area contributed by atoms with Gasteiger partial charge in [-0.2, -0.15) is 0 Å². The van der Waals surface area contributed by atoms with Gasteiger partial charge in [-0.15, -0.1) is 0 Å². The summed E-state index contributed by atoms with van der Waals surface area (Å²) in [4.78, 5) is 32.6. The lowest BCUT2D eigenvalue weighted by Crippen LogP contribution is -2.46. The Morgan fingerprint density at radius 1 is 1.31 bits per heavy atom. The Bertz CT molecular complexity index is 932. The van der Waals surface area contributed by atoms with E-state index in [0.717, 1.165) is 17.3 Å². The first kappa shape index (κ1) is 21.8. The van der Waals surface area contributed by atoms with E-state index in [4.69, 9.17) is 15.5 Å². The molecule has 2 N–H and O–H groups in total. The van der Waals surface area contributed by atoms with Gasteiger partial charge in [-0.05, 0) is 57.7 Å². The first-order valence-corrected chi connectivity index (χ1v) is 10.8. The maximum absolute atomic E-state index is 13.1. The summed E-state index contributed by atoms with van der Waals surface area (Å²) in [7, 11) is 0. The van der Waals surface area contributed by atoms with Gasteiger partial charge >= 0.3 is 6.09 Å². The van der Waals surface area contributed by atoms with Crippen molar-refractivity contribution in [3.05, 3.63) is 28.5 Å². The number of benzene rings is 1. The van der Waals surface area contributed by atoms with Crippen LogP contribution in [-0.4, -0.2) is 44.6 Å². The lowest BCUT2D eigenvalue weighted by molar-refractivity contribution is -0.134. The van der Waals surface area contributed by atoms with E-state index < -0.39 is 17.7 Å². The van der Waals surface area contributed by atoms with Crippen LogP contribution in [0.2, 0.25) is 0 Å². The Labute approximate surface area is 179 Å². The number of imidazole rings is 1. The van der Waals surface area contributed by atoms with E-state index in [1.54, 1.807) is 4.90 Å². The zero-order chi connectivity index (χ0) is 21.5. The topological polar surface area (TPSA) is 90.5 Å². The highest BCUT2D eigenvalue weighted by molar-refractivity contribution is 9.10. The van der Waals surface area contributed by atoms with Gasteiger partial charge in [-0.1, -0.05) is 29.8 Å². The largest absolute Gasteiger partial charge is 0.443 e. The molecule has 0 unspecified atom stereocenters. The number of nitrogens with two attached hydrogens (primary N) is 1. The number of fused-ring (bicyclic) bond motifs is 1. The minimum Gasteiger partial charge on any atom is -0.443 e. The second kappa shape index (κ2) is 8.07. The Balaban J connectivity index is 2.09. The van der Waals surface area contributed by atoms with Crippen molar-refractivity contribution in [2.24, 2.45) is 11.7 Å². The van der Waals surface area contributed by atoms with E-state index in [9.17, 15) is 9.59 Å². The molecule has 7 nitrogen and oxygen atoms in total. The minimum absolute atomic E-state index is 0.0318. The maximum Gasteiger partial charge on any atom is 0.420 e. The van der Waals surface area contributed by atoms with E-state index in [0.29, 0.717) is 23.4 Å². The summed E-state index contributed by atoms with van der Waals surface area (Å²) < 4.78 is 7.99. The van der Waals surface area contributed by atoms with Gasteiger partial charge in [0.15, 0.2) is 0 Å². The third-order valence-corrected chi connectivity index (χ3v) is 5.55. The molecule has 1 saturated heterocycles. The molecule has 0 saturated carbocycles. The number of likely N-dealkylation sites (tertiary alicyclic amines) is 1. The van der Waals surface area contributed by atoms with Gasteiger partial charge in [-0.25, -0.2) is 14.3 Å². The lowest BCUT2D eigenvalue weighted by atomic mass is 10.0. The molecule has 1 amide bonds. The third kappa shape index (κ3) is 4.48. The molecular formula is C21H29BrN4O3. The number of hydrogen-bond donors (Lipinski definition) is 1. The maximum atomic E-state index is 13.1. The van der Waals surface area contributed by atoms with Gasteiger partial charge in [0.2, 0.25) is 5.91 Å². The van der Waals surface area contributed by atoms with Crippen molar-refractivity contribution in [2.45, 2.75) is 65.1 Å². The molecule has 0 aliphatic carbocycles. The number of rotatable bonds is 3. The van der Waals surface area contributed by atoms with E-state index in [2.05, 4.69) is 15.9 Å². The Hall–Kier alpha value is -1.93. The fraction of sp³-hybridized carbons (Fsp3) is 0.571. The summed E-state index contributed by atoms with van der Waals surface area (Å²) >= 11 is 3.47. The van der Waals surface area contributed by atoms with Gasteiger partial charge in [0.25, 0.3) is 0 Å². The fourth-order valence-corrected chi connectivity index (χ4v) is 3.91. The number of halogens is 1. The SMILES string of the molecule is CC(C)[C@H](N)C(=O)N1CCC[C@@H]1c1nc2ccc(Br)cc2n1C(=O)OC(C)(C)C. The van der Waals surface area contributed by atoms with Gasteiger partial charge in [0.05, 0.1) is 23.1 Å². The molecule has 158 valence electrons. The molecule has 0 spiro atoms. The third-order valence-electron chi connectivity index (χ3n) is 5.06. The van der Waals surface area contributed by atoms with Gasteiger partial charge in [-0.3, -0.25) is 4.79 Å². The number of nitrogens with zero attached hydrogens (tertiary/aromatic N) is 3. The molecule has 8 heteroatoms. The summed E-state index contributed by atoms with van der Waals surface area (Å²) in [5.74, 6) is 0.449. The molecule has 1 fully saturated rings. The summed E-state index contributed by atoms with van der Waals surface area (Å²) in [6, 6.07) is 4.68. The van der Waals surface area contributed by atoms with Crippen molar-refractivity contribution in [2.75, 3.05) is 6.54 Å². The molecule has 1 aliphatic rings. The monoisotopic (exact) mass is 464 g/mol. The molecule has 29 heavy (non-hydrogen) atoms. The van der Waals surface area contributed by atoms with Crippen LogP contribution in [0.15, 0.2) is 22.7 Å².